The van der Waals surface area contributed by atoms with Gasteiger partial charge in [-0.2, -0.15) is 0 Å². The van der Waals surface area contributed by atoms with Crippen molar-refractivity contribution in [1.82, 2.24) is 9.38 Å². The Kier molecular flexibility index (Phi) is 2.28. The van der Waals surface area contributed by atoms with E-state index in [9.17, 15) is 0 Å². The molecule has 0 fully saturated rings. The van der Waals surface area contributed by atoms with Crippen molar-refractivity contribution in [2.24, 2.45) is 0 Å². The van der Waals surface area contributed by atoms with Crippen molar-refractivity contribution in [2.45, 2.75) is 0 Å². The largest absolute Gasteiger partial charge is 0.308 e. The van der Waals surface area contributed by atoms with Crippen LogP contribution in [0, 0.1) is 0 Å². The van der Waals surface area contributed by atoms with Gasteiger partial charge in [-0.1, -0.05) is 60.7 Å². The molecule has 0 atom stereocenters. The summed E-state index contributed by atoms with van der Waals surface area (Å²) in [5.41, 5.74) is 4.87. The highest BCUT2D eigenvalue weighted by Gasteiger charge is 2.18. The maximum absolute atomic E-state index is 4.80. The number of nitrogens with zero attached hydrogens (tertiary/aromatic N) is 2. The van der Waals surface area contributed by atoms with Crippen molar-refractivity contribution in [3.05, 3.63) is 85.1 Å². The lowest BCUT2D eigenvalue weighted by Gasteiger charge is -2.14. The van der Waals surface area contributed by atoms with Crippen LogP contribution in [0.5, 0.6) is 0 Å². The summed E-state index contributed by atoms with van der Waals surface area (Å²) in [6, 6.07) is 28.4. The quantitative estimate of drug-likeness (QED) is 0.226. The molecule has 7 aromatic rings. The van der Waals surface area contributed by atoms with Crippen LogP contribution < -0.4 is 0 Å². The summed E-state index contributed by atoms with van der Waals surface area (Å²) >= 11 is 0. The maximum atomic E-state index is 4.80. The van der Waals surface area contributed by atoms with Gasteiger partial charge in [0.05, 0.1) is 22.1 Å². The molecule has 2 heteroatoms. The summed E-state index contributed by atoms with van der Waals surface area (Å²) in [6.07, 6.45) is 1.95. The molecule has 2 nitrogen and oxygen atoms in total. The molecule has 0 saturated heterocycles. The molecule has 0 N–H and O–H groups in total. The highest BCUT2D eigenvalue weighted by Crippen LogP contribution is 2.41. The van der Waals surface area contributed by atoms with Crippen LogP contribution in [0.3, 0.4) is 0 Å². The second-order valence-corrected chi connectivity index (χ2v) is 7.25. The average Bonchev–Trinajstić information content (AvgIpc) is 3.07. The van der Waals surface area contributed by atoms with Crippen LogP contribution in [0.2, 0.25) is 0 Å². The highest BCUT2D eigenvalue weighted by molar-refractivity contribution is 6.30. The van der Waals surface area contributed by atoms with Crippen LogP contribution in [0.15, 0.2) is 85.1 Å². The van der Waals surface area contributed by atoms with Crippen LogP contribution in [0.25, 0.3) is 59.8 Å². The van der Waals surface area contributed by atoms with Crippen molar-refractivity contribution in [1.29, 1.82) is 0 Å². The third-order valence-electron chi connectivity index (χ3n) is 5.94. The predicted molar refractivity (Wildman–Crippen MR) is 114 cm³/mol. The molecule has 0 aliphatic rings. The van der Waals surface area contributed by atoms with Crippen molar-refractivity contribution in [3.8, 4) is 0 Å². The summed E-state index contributed by atoms with van der Waals surface area (Å²) in [4.78, 5) is 4.80. The first kappa shape index (κ1) is 13.5. The zero-order valence-corrected chi connectivity index (χ0v) is 14.5. The number of benzene rings is 4. The molecule has 27 heavy (non-hydrogen) atoms. The van der Waals surface area contributed by atoms with E-state index >= 15 is 0 Å². The van der Waals surface area contributed by atoms with Gasteiger partial charge >= 0.3 is 0 Å². The van der Waals surface area contributed by atoms with E-state index in [2.05, 4.69) is 83.3 Å². The molecule has 0 saturated carbocycles. The average molecular weight is 342 g/mol. The fourth-order valence-corrected chi connectivity index (χ4v) is 4.87. The van der Waals surface area contributed by atoms with Gasteiger partial charge in [-0.05, 0) is 29.0 Å². The summed E-state index contributed by atoms with van der Waals surface area (Å²) in [7, 11) is 0. The van der Waals surface area contributed by atoms with Crippen molar-refractivity contribution >= 4 is 59.8 Å². The molecule has 3 heterocycles. The topological polar surface area (TPSA) is 17.3 Å². The molecule has 0 unspecified atom stereocenters. The Labute approximate surface area is 154 Å². The van der Waals surface area contributed by atoms with E-state index in [1.54, 1.807) is 0 Å². The van der Waals surface area contributed by atoms with Crippen LogP contribution in [0.4, 0.5) is 0 Å². The van der Waals surface area contributed by atoms with E-state index in [1.807, 2.05) is 6.20 Å². The molecule has 0 bridgehead atoms. The standard InChI is InChI=1S/C25H14N2/c1-2-7-16-15(6-1)14-20-19-10-5-9-18-17-8-3-4-11-21(17)27(25(18)19)22-12-13-26-24(16)23(20)22/h1-14H. The molecule has 0 aliphatic carbocycles. The van der Waals surface area contributed by atoms with Gasteiger partial charge in [-0.25, -0.2) is 0 Å². The van der Waals surface area contributed by atoms with Gasteiger partial charge in [-0.3, -0.25) is 4.98 Å². The van der Waals surface area contributed by atoms with Crippen LogP contribution >= 0.6 is 0 Å². The van der Waals surface area contributed by atoms with E-state index in [4.69, 9.17) is 4.98 Å². The smallest absolute Gasteiger partial charge is 0.0807 e. The Balaban J connectivity index is 1.97. The minimum absolute atomic E-state index is 1.08. The zero-order valence-electron chi connectivity index (χ0n) is 14.5. The first-order valence-electron chi connectivity index (χ1n) is 9.25. The van der Waals surface area contributed by atoms with Crippen LogP contribution in [-0.4, -0.2) is 9.38 Å². The SMILES string of the molecule is c1ccc2c(c1)cc1c3cccc4c5ccccc5n(c5ccnc2c15)c34. The second-order valence-electron chi connectivity index (χ2n) is 7.25. The fourth-order valence-electron chi connectivity index (χ4n) is 4.87. The molecule has 0 amide bonds. The van der Waals surface area contributed by atoms with Crippen molar-refractivity contribution in [2.75, 3.05) is 0 Å². The van der Waals surface area contributed by atoms with Crippen LogP contribution in [0.1, 0.15) is 0 Å². The molecular formula is C25H14N2. The normalized spacial score (nSPS) is 12.4. The first-order chi connectivity index (χ1) is 13.4. The van der Waals surface area contributed by atoms with E-state index < -0.39 is 0 Å². The number of hydrogen-bond acceptors (Lipinski definition) is 1. The molecule has 0 aliphatic heterocycles. The Bertz CT molecular complexity index is 1670. The Hall–Kier alpha value is -3.65. The Morgan fingerprint density at radius 1 is 0.593 bits per heavy atom. The summed E-state index contributed by atoms with van der Waals surface area (Å²) in [5, 5.41) is 8.89. The maximum Gasteiger partial charge on any atom is 0.0807 e. The number of pyridine rings is 2. The first-order valence-corrected chi connectivity index (χ1v) is 9.25. The van der Waals surface area contributed by atoms with E-state index in [0.29, 0.717) is 0 Å². The van der Waals surface area contributed by atoms with Gasteiger partial charge in [0.15, 0.2) is 0 Å². The zero-order chi connectivity index (χ0) is 17.5. The van der Waals surface area contributed by atoms with Gasteiger partial charge in [0.25, 0.3) is 0 Å². The molecule has 0 radical (unpaired) electrons. The van der Waals surface area contributed by atoms with Gasteiger partial charge in [0, 0.05) is 33.1 Å². The number of hydrogen-bond donors (Lipinski definition) is 0. The summed E-state index contributed by atoms with van der Waals surface area (Å²) in [5.74, 6) is 0. The Morgan fingerprint density at radius 2 is 1.33 bits per heavy atom. The van der Waals surface area contributed by atoms with E-state index in [0.717, 1.165) is 5.52 Å². The summed E-state index contributed by atoms with van der Waals surface area (Å²) in [6.45, 7) is 0. The van der Waals surface area contributed by atoms with Gasteiger partial charge in [0.1, 0.15) is 0 Å². The lowest BCUT2D eigenvalue weighted by Crippen LogP contribution is -1.94. The molecular weight excluding hydrogens is 328 g/mol. The van der Waals surface area contributed by atoms with Crippen molar-refractivity contribution < 1.29 is 0 Å². The van der Waals surface area contributed by atoms with Gasteiger partial charge < -0.3 is 4.40 Å². The number of rotatable bonds is 0. The predicted octanol–water partition coefficient (Wildman–Crippen LogP) is 6.54. The second kappa shape index (κ2) is 4.54. The molecule has 4 aromatic carbocycles. The molecule has 7 rings (SSSR count). The van der Waals surface area contributed by atoms with E-state index in [1.165, 1.54) is 54.3 Å². The van der Waals surface area contributed by atoms with Crippen molar-refractivity contribution in [3.63, 3.8) is 0 Å². The van der Waals surface area contributed by atoms with Crippen LogP contribution in [-0.2, 0) is 0 Å². The minimum Gasteiger partial charge on any atom is -0.308 e. The minimum atomic E-state index is 1.08. The molecule has 124 valence electrons. The number of para-hydroxylation sites is 2. The highest BCUT2D eigenvalue weighted by atomic mass is 14.9. The van der Waals surface area contributed by atoms with E-state index in [-0.39, 0.29) is 0 Å². The van der Waals surface area contributed by atoms with Gasteiger partial charge in [0.2, 0.25) is 0 Å². The summed E-state index contributed by atoms with van der Waals surface area (Å²) < 4.78 is 2.42. The Morgan fingerprint density at radius 3 is 2.26 bits per heavy atom. The lowest BCUT2D eigenvalue weighted by molar-refractivity contribution is 1.33. The monoisotopic (exact) mass is 342 g/mol. The fraction of sp³-hybridized carbons (Fsp3) is 0. The molecule has 3 aromatic heterocycles. The number of aromatic nitrogens is 2. The third-order valence-corrected chi connectivity index (χ3v) is 5.94. The third kappa shape index (κ3) is 1.51. The lowest BCUT2D eigenvalue weighted by atomic mass is 9.97. The number of fused-ring (bicyclic) bond motifs is 7. The molecule has 0 spiro atoms. The van der Waals surface area contributed by atoms with Gasteiger partial charge in [-0.15, -0.1) is 0 Å².